The minimum atomic E-state index is -2.52. The molecule has 1 aliphatic rings. The minimum absolute atomic E-state index is 0.0290. The molecule has 0 saturated carbocycles. The lowest BCUT2D eigenvalue weighted by molar-refractivity contribution is 0.101. The number of nitrogens with two attached hydrogens (primary N) is 1. The van der Waals surface area contributed by atoms with E-state index in [0.29, 0.717) is 30.2 Å². The number of carbonyl (C=O) groups is 1. The number of amides is 1. The van der Waals surface area contributed by atoms with E-state index in [2.05, 4.69) is 10.4 Å². The van der Waals surface area contributed by atoms with Crippen LogP contribution in [0.2, 0.25) is 0 Å². The number of hydrogen-bond acceptors (Lipinski definition) is 4. The summed E-state index contributed by atoms with van der Waals surface area (Å²) in [5, 5.41) is 6.78. The van der Waals surface area contributed by atoms with Crippen LogP contribution in [0.15, 0.2) is 24.3 Å². The summed E-state index contributed by atoms with van der Waals surface area (Å²) in [6.07, 6.45) is -0.437. The number of rotatable bonds is 6. The molecule has 8 heteroatoms. The van der Waals surface area contributed by atoms with Crippen LogP contribution in [-0.4, -0.2) is 34.8 Å². The van der Waals surface area contributed by atoms with Gasteiger partial charge in [0.2, 0.25) is 0 Å². The molecule has 0 bridgehead atoms. The van der Waals surface area contributed by atoms with Gasteiger partial charge in [0.05, 0.1) is 0 Å². The molecule has 3 rings (SSSR count). The van der Waals surface area contributed by atoms with Crippen LogP contribution in [0.5, 0.6) is 5.75 Å². The van der Waals surface area contributed by atoms with Gasteiger partial charge in [-0.05, 0) is 30.5 Å². The Kier molecular flexibility index (Phi) is 5.51. The molecule has 2 aromatic rings. The Morgan fingerprint density at radius 2 is 2.27 bits per heavy atom. The fraction of sp³-hybridized carbons (Fsp3) is 0.444. The topological polar surface area (TPSA) is 82.2 Å². The van der Waals surface area contributed by atoms with E-state index in [1.807, 2.05) is 13.0 Å². The Balaban J connectivity index is 1.75. The van der Waals surface area contributed by atoms with Gasteiger partial charge < -0.3 is 15.8 Å². The van der Waals surface area contributed by atoms with Crippen LogP contribution >= 0.6 is 0 Å². The van der Waals surface area contributed by atoms with Crippen molar-refractivity contribution < 1.29 is 18.3 Å². The number of nitrogens with zero attached hydrogens (tertiary/aromatic N) is 2. The van der Waals surface area contributed by atoms with Gasteiger partial charge >= 0.3 is 0 Å². The fourth-order valence-corrected chi connectivity index (χ4v) is 2.98. The van der Waals surface area contributed by atoms with Crippen molar-refractivity contribution >= 4 is 11.6 Å². The second-order valence-electron chi connectivity index (χ2n) is 6.40. The molecule has 140 valence electrons. The first-order chi connectivity index (χ1) is 12.5. The summed E-state index contributed by atoms with van der Waals surface area (Å²) in [6, 6.07) is 6.90. The van der Waals surface area contributed by atoms with Crippen molar-refractivity contribution in [1.82, 2.24) is 9.78 Å². The van der Waals surface area contributed by atoms with Crippen LogP contribution in [0, 0.1) is 0 Å². The Labute approximate surface area is 150 Å². The molecule has 2 heterocycles. The molecular weight excluding hydrogens is 342 g/mol. The van der Waals surface area contributed by atoms with Crippen LogP contribution in [0.25, 0.3) is 0 Å². The Hall–Kier alpha value is -2.48. The second-order valence-corrected chi connectivity index (χ2v) is 6.40. The van der Waals surface area contributed by atoms with Crippen molar-refractivity contribution in [2.75, 3.05) is 11.9 Å². The zero-order chi connectivity index (χ0) is 18.7. The van der Waals surface area contributed by atoms with E-state index in [4.69, 9.17) is 10.5 Å². The maximum atomic E-state index is 12.7. The third kappa shape index (κ3) is 4.19. The molecule has 0 spiro atoms. The van der Waals surface area contributed by atoms with Gasteiger partial charge in [0, 0.05) is 23.5 Å². The number of hydrogen-bond donors (Lipinski definition) is 2. The predicted molar refractivity (Wildman–Crippen MR) is 93.8 cm³/mol. The monoisotopic (exact) mass is 364 g/mol. The van der Waals surface area contributed by atoms with E-state index in [-0.39, 0.29) is 11.7 Å². The Morgan fingerprint density at radius 1 is 1.46 bits per heavy atom. The van der Waals surface area contributed by atoms with Crippen molar-refractivity contribution in [1.29, 1.82) is 0 Å². The zero-order valence-corrected chi connectivity index (χ0v) is 14.5. The molecule has 1 aromatic heterocycles. The maximum Gasteiger partial charge on any atom is 0.276 e. The number of aryl methyl sites for hydroxylation is 1. The average molecular weight is 364 g/mol. The number of halogens is 2. The maximum absolute atomic E-state index is 12.7. The van der Waals surface area contributed by atoms with E-state index >= 15 is 0 Å². The molecule has 26 heavy (non-hydrogen) atoms. The number of aromatic nitrogens is 2. The van der Waals surface area contributed by atoms with Crippen molar-refractivity contribution in [2.45, 2.75) is 45.2 Å². The van der Waals surface area contributed by atoms with Gasteiger partial charge in [0.1, 0.15) is 18.9 Å². The first-order valence-electron chi connectivity index (χ1n) is 8.63. The molecule has 0 radical (unpaired) electrons. The number of anilines is 1. The third-order valence-corrected chi connectivity index (χ3v) is 4.17. The van der Waals surface area contributed by atoms with Crippen molar-refractivity contribution in [3.63, 3.8) is 0 Å². The highest BCUT2D eigenvalue weighted by molar-refractivity contribution is 6.03. The fourth-order valence-electron chi connectivity index (χ4n) is 2.98. The van der Waals surface area contributed by atoms with Crippen LogP contribution in [0.3, 0.4) is 0 Å². The SMILES string of the molecule is CCCc1cc(C(=O)Nc2ccc3c(c2)OC[C@H](N)C3)nn1CC(F)F. The molecule has 0 fully saturated rings. The van der Waals surface area contributed by atoms with E-state index in [9.17, 15) is 13.6 Å². The lowest BCUT2D eigenvalue weighted by Gasteiger charge is -2.22. The molecule has 1 aliphatic heterocycles. The minimum Gasteiger partial charge on any atom is -0.492 e. The van der Waals surface area contributed by atoms with Crippen LogP contribution in [-0.2, 0) is 19.4 Å². The lowest BCUT2D eigenvalue weighted by Crippen LogP contribution is -2.33. The summed E-state index contributed by atoms with van der Waals surface area (Å²) in [5.74, 6) is 0.252. The van der Waals surface area contributed by atoms with E-state index < -0.39 is 18.9 Å². The van der Waals surface area contributed by atoms with Gasteiger partial charge in [-0.3, -0.25) is 9.48 Å². The number of alkyl halides is 2. The molecule has 0 aliphatic carbocycles. The van der Waals surface area contributed by atoms with Gasteiger partial charge in [-0.1, -0.05) is 19.4 Å². The van der Waals surface area contributed by atoms with Gasteiger partial charge in [-0.25, -0.2) is 8.78 Å². The summed E-state index contributed by atoms with van der Waals surface area (Å²) in [6.45, 7) is 1.86. The average Bonchev–Trinajstić information content (AvgIpc) is 2.97. The number of fused-ring (bicyclic) bond motifs is 1. The predicted octanol–water partition coefficient (Wildman–Crippen LogP) is 2.62. The molecule has 6 nitrogen and oxygen atoms in total. The zero-order valence-electron chi connectivity index (χ0n) is 14.5. The van der Waals surface area contributed by atoms with Gasteiger partial charge in [-0.15, -0.1) is 0 Å². The quantitative estimate of drug-likeness (QED) is 0.825. The summed E-state index contributed by atoms with van der Waals surface area (Å²) in [7, 11) is 0. The van der Waals surface area contributed by atoms with Crippen LogP contribution in [0.4, 0.5) is 14.5 Å². The summed E-state index contributed by atoms with van der Waals surface area (Å²) in [5.41, 5.74) is 8.16. The summed E-state index contributed by atoms with van der Waals surface area (Å²) >= 11 is 0. The van der Waals surface area contributed by atoms with Gasteiger partial charge in [-0.2, -0.15) is 5.10 Å². The van der Waals surface area contributed by atoms with E-state index in [1.54, 1.807) is 18.2 Å². The Bertz CT molecular complexity index is 791. The highest BCUT2D eigenvalue weighted by Crippen LogP contribution is 2.28. The molecule has 1 aromatic carbocycles. The molecule has 3 N–H and O–H groups in total. The molecule has 1 atom stereocenters. The number of nitrogens with one attached hydrogen (secondary N) is 1. The van der Waals surface area contributed by atoms with Crippen molar-refractivity contribution in [3.8, 4) is 5.75 Å². The van der Waals surface area contributed by atoms with Crippen molar-refractivity contribution in [2.24, 2.45) is 5.73 Å². The third-order valence-electron chi connectivity index (χ3n) is 4.17. The van der Waals surface area contributed by atoms with Crippen LogP contribution < -0.4 is 15.8 Å². The second kappa shape index (κ2) is 7.82. The van der Waals surface area contributed by atoms with E-state index in [1.165, 1.54) is 4.68 Å². The first-order valence-corrected chi connectivity index (χ1v) is 8.63. The largest absolute Gasteiger partial charge is 0.492 e. The molecule has 1 amide bonds. The standard InChI is InChI=1S/C18H22F2N4O2/c1-2-3-14-8-15(23-24(14)9-17(19)20)18(25)22-13-5-4-11-6-12(21)10-26-16(11)7-13/h4-5,7-8,12,17H,2-3,6,9-10,21H2,1H3,(H,22,25)/t12-/m1/s1. The lowest BCUT2D eigenvalue weighted by atomic mass is 10.0. The number of benzene rings is 1. The van der Waals surface area contributed by atoms with Gasteiger partial charge in [0.15, 0.2) is 5.69 Å². The summed E-state index contributed by atoms with van der Waals surface area (Å²) < 4.78 is 32.2. The number of ether oxygens (including phenoxy) is 1. The van der Waals surface area contributed by atoms with Crippen LogP contribution in [0.1, 0.15) is 35.1 Å². The summed E-state index contributed by atoms with van der Waals surface area (Å²) in [4.78, 5) is 12.5. The molecule has 0 unspecified atom stereocenters. The molecule has 0 saturated heterocycles. The smallest absolute Gasteiger partial charge is 0.276 e. The van der Waals surface area contributed by atoms with Gasteiger partial charge in [0.25, 0.3) is 12.3 Å². The normalized spacial score (nSPS) is 16.3. The highest BCUT2D eigenvalue weighted by atomic mass is 19.3. The van der Waals surface area contributed by atoms with E-state index in [0.717, 1.165) is 18.4 Å². The number of carbonyl (C=O) groups excluding carboxylic acids is 1. The highest BCUT2D eigenvalue weighted by Gasteiger charge is 2.19. The molecular formula is C18H22F2N4O2. The van der Waals surface area contributed by atoms with Crippen molar-refractivity contribution in [3.05, 3.63) is 41.2 Å². The first kappa shape index (κ1) is 18.3. The Morgan fingerprint density at radius 3 is 3.00 bits per heavy atom.